The predicted octanol–water partition coefficient (Wildman–Crippen LogP) is 0.478. The average molecular weight is 265 g/mol. The van der Waals surface area contributed by atoms with Crippen LogP contribution in [0.1, 0.15) is 44.9 Å². The van der Waals surface area contributed by atoms with Crippen molar-refractivity contribution in [3.05, 3.63) is 0 Å². The molecule has 3 aliphatic heterocycles. The lowest BCUT2D eigenvalue weighted by atomic mass is 9.80. The van der Waals surface area contributed by atoms with Crippen molar-refractivity contribution in [1.82, 2.24) is 9.80 Å². The number of carbonyl (C=O) groups is 2. The fraction of sp³-hybridized carbons (Fsp3) is 0.857. The van der Waals surface area contributed by atoms with Crippen LogP contribution in [-0.4, -0.2) is 52.8 Å². The van der Waals surface area contributed by atoms with Gasteiger partial charge in [-0.25, -0.2) is 0 Å². The van der Waals surface area contributed by atoms with Crippen LogP contribution in [0.2, 0.25) is 0 Å². The molecule has 3 atom stereocenters. The van der Waals surface area contributed by atoms with Crippen molar-refractivity contribution < 1.29 is 9.59 Å². The number of likely N-dealkylation sites (N-methyl/N-ethyl adjacent to an activating group) is 1. The number of carbonyl (C=O) groups excluding carboxylic acids is 2. The average Bonchev–Trinajstić information content (AvgIpc) is 2.36. The molecule has 0 radical (unpaired) electrons. The number of hydrogen-bond donors (Lipinski definition) is 1. The molecule has 3 saturated heterocycles. The third-order valence-corrected chi connectivity index (χ3v) is 5.05. The molecule has 3 fully saturated rings. The van der Waals surface area contributed by atoms with Crippen LogP contribution in [0, 0.1) is 0 Å². The van der Waals surface area contributed by atoms with Gasteiger partial charge >= 0.3 is 0 Å². The summed E-state index contributed by atoms with van der Waals surface area (Å²) in [5, 5.41) is 0. The Morgan fingerprint density at radius 3 is 2.37 bits per heavy atom. The second kappa shape index (κ2) is 4.87. The zero-order valence-electron chi connectivity index (χ0n) is 11.5. The zero-order valence-corrected chi connectivity index (χ0v) is 11.5. The van der Waals surface area contributed by atoms with E-state index in [2.05, 4.69) is 4.90 Å². The molecular formula is C14H23N3O2. The number of likely N-dealkylation sites (tertiary alicyclic amines) is 1. The van der Waals surface area contributed by atoms with Crippen molar-refractivity contribution in [3.8, 4) is 0 Å². The van der Waals surface area contributed by atoms with Crippen molar-refractivity contribution in [2.24, 2.45) is 5.73 Å². The lowest BCUT2D eigenvalue weighted by molar-refractivity contribution is -0.155. The molecule has 3 heterocycles. The van der Waals surface area contributed by atoms with Crippen LogP contribution < -0.4 is 5.73 Å². The summed E-state index contributed by atoms with van der Waals surface area (Å²) >= 11 is 0. The second-order valence-corrected chi connectivity index (χ2v) is 6.26. The molecule has 2 N–H and O–H groups in total. The monoisotopic (exact) mass is 265 g/mol. The minimum Gasteiger partial charge on any atom is -0.328 e. The number of nitrogens with two attached hydrogens (primary N) is 1. The smallest absolute Gasteiger partial charge is 0.246 e. The first kappa shape index (κ1) is 13.1. The van der Waals surface area contributed by atoms with Crippen LogP contribution in [0.25, 0.3) is 0 Å². The molecule has 2 amide bonds. The third-order valence-electron chi connectivity index (χ3n) is 5.05. The standard InChI is InChI=1S/C14H23N3O2/c1-16-13(18)6-5-12(14(16)19)17-10-3-2-4-11(17)8-9(15)7-10/h9-12H,2-8,15H2,1H3. The number of piperidine rings is 3. The number of amides is 2. The maximum absolute atomic E-state index is 12.4. The van der Waals surface area contributed by atoms with Gasteiger partial charge in [-0.05, 0) is 32.1 Å². The van der Waals surface area contributed by atoms with E-state index in [1.165, 1.54) is 11.3 Å². The molecule has 0 spiro atoms. The maximum atomic E-state index is 12.4. The highest BCUT2D eigenvalue weighted by molar-refractivity contribution is 6.00. The number of fused-ring (bicyclic) bond motifs is 2. The molecule has 0 aliphatic carbocycles. The van der Waals surface area contributed by atoms with E-state index >= 15 is 0 Å². The van der Waals surface area contributed by atoms with Crippen molar-refractivity contribution >= 4 is 11.8 Å². The number of imide groups is 1. The molecule has 19 heavy (non-hydrogen) atoms. The third kappa shape index (κ3) is 2.19. The van der Waals surface area contributed by atoms with Crippen LogP contribution in [-0.2, 0) is 9.59 Å². The first-order chi connectivity index (χ1) is 9.08. The van der Waals surface area contributed by atoms with Gasteiger partial charge in [-0.2, -0.15) is 0 Å². The molecular weight excluding hydrogens is 242 g/mol. The highest BCUT2D eigenvalue weighted by Crippen LogP contribution is 2.37. The highest BCUT2D eigenvalue weighted by Gasteiger charge is 2.45. The topological polar surface area (TPSA) is 66.6 Å². The summed E-state index contributed by atoms with van der Waals surface area (Å²) < 4.78 is 0. The summed E-state index contributed by atoms with van der Waals surface area (Å²) in [5.41, 5.74) is 6.12. The van der Waals surface area contributed by atoms with E-state index in [1.807, 2.05) is 0 Å². The summed E-state index contributed by atoms with van der Waals surface area (Å²) in [6, 6.07) is 1.08. The Balaban J connectivity index is 1.81. The molecule has 5 nitrogen and oxygen atoms in total. The molecule has 0 aromatic rings. The van der Waals surface area contributed by atoms with E-state index in [9.17, 15) is 9.59 Å². The number of hydrogen-bond acceptors (Lipinski definition) is 4. The van der Waals surface area contributed by atoms with E-state index in [0.29, 0.717) is 24.9 Å². The highest BCUT2D eigenvalue weighted by atomic mass is 16.2. The lowest BCUT2D eigenvalue weighted by Gasteiger charge is -2.52. The Hall–Kier alpha value is -0.940. The zero-order chi connectivity index (χ0) is 13.6. The Bertz CT molecular complexity index is 384. The molecule has 3 aliphatic rings. The molecule has 0 aromatic heterocycles. The van der Waals surface area contributed by atoms with Gasteiger partial charge in [0.1, 0.15) is 0 Å². The summed E-state index contributed by atoms with van der Waals surface area (Å²) in [7, 11) is 1.61. The van der Waals surface area contributed by atoms with Gasteiger partial charge in [-0.3, -0.25) is 19.4 Å². The lowest BCUT2D eigenvalue weighted by Crippen LogP contribution is -2.63. The number of nitrogens with zero attached hydrogens (tertiary/aromatic N) is 2. The summed E-state index contributed by atoms with van der Waals surface area (Å²) in [6.45, 7) is 0. The number of rotatable bonds is 1. The van der Waals surface area contributed by atoms with E-state index in [-0.39, 0.29) is 23.9 Å². The van der Waals surface area contributed by atoms with Gasteiger partial charge in [0.15, 0.2) is 0 Å². The maximum Gasteiger partial charge on any atom is 0.246 e. The van der Waals surface area contributed by atoms with Gasteiger partial charge < -0.3 is 5.73 Å². The van der Waals surface area contributed by atoms with E-state index < -0.39 is 0 Å². The molecule has 0 aromatic carbocycles. The Kier molecular flexibility index (Phi) is 3.35. The Morgan fingerprint density at radius 1 is 1.11 bits per heavy atom. The largest absolute Gasteiger partial charge is 0.328 e. The quantitative estimate of drug-likeness (QED) is 0.700. The molecule has 106 valence electrons. The van der Waals surface area contributed by atoms with Crippen molar-refractivity contribution in [2.45, 2.75) is 69.1 Å². The van der Waals surface area contributed by atoms with Crippen LogP contribution in [0.15, 0.2) is 0 Å². The molecule has 0 saturated carbocycles. The van der Waals surface area contributed by atoms with Gasteiger partial charge in [-0.1, -0.05) is 6.42 Å². The molecule has 3 rings (SSSR count). The van der Waals surface area contributed by atoms with Gasteiger partial charge in [0.05, 0.1) is 6.04 Å². The fourth-order valence-electron chi connectivity index (χ4n) is 4.14. The van der Waals surface area contributed by atoms with Gasteiger partial charge in [0.25, 0.3) is 0 Å². The van der Waals surface area contributed by atoms with E-state index in [0.717, 1.165) is 25.7 Å². The first-order valence-electron chi connectivity index (χ1n) is 7.41. The second-order valence-electron chi connectivity index (χ2n) is 6.26. The normalized spacial score (nSPS) is 40.6. The molecule has 2 bridgehead atoms. The fourth-order valence-corrected chi connectivity index (χ4v) is 4.14. The van der Waals surface area contributed by atoms with Crippen LogP contribution in [0.3, 0.4) is 0 Å². The van der Waals surface area contributed by atoms with Gasteiger partial charge in [0.2, 0.25) is 11.8 Å². The van der Waals surface area contributed by atoms with Crippen LogP contribution in [0.5, 0.6) is 0 Å². The van der Waals surface area contributed by atoms with Crippen molar-refractivity contribution in [2.75, 3.05) is 7.05 Å². The minimum atomic E-state index is -0.0921. The summed E-state index contributed by atoms with van der Waals surface area (Å²) in [4.78, 5) is 27.7. The van der Waals surface area contributed by atoms with Crippen LogP contribution >= 0.6 is 0 Å². The first-order valence-corrected chi connectivity index (χ1v) is 7.41. The predicted molar refractivity (Wildman–Crippen MR) is 71.3 cm³/mol. The van der Waals surface area contributed by atoms with E-state index in [1.54, 1.807) is 7.05 Å². The summed E-state index contributed by atoms with van der Waals surface area (Å²) in [6.07, 6.45) is 6.71. The van der Waals surface area contributed by atoms with Gasteiger partial charge in [-0.15, -0.1) is 0 Å². The molecule has 3 unspecified atom stereocenters. The minimum absolute atomic E-state index is 0.0105. The van der Waals surface area contributed by atoms with Crippen LogP contribution in [0.4, 0.5) is 0 Å². The Morgan fingerprint density at radius 2 is 1.74 bits per heavy atom. The van der Waals surface area contributed by atoms with Crippen molar-refractivity contribution in [3.63, 3.8) is 0 Å². The molecule has 5 heteroatoms. The Labute approximate surface area is 114 Å². The van der Waals surface area contributed by atoms with E-state index in [4.69, 9.17) is 5.73 Å². The van der Waals surface area contributed by atoms with Gasteiger partial charge in [0, 0.05) is 31.6 Å². The summed E-state index contributed by atoms with van der Waals surface area (Å²) in [5.74, 6) is -0.0521. The van der Waals surface area contributed by atoms with Crippen molar-refractivity contribution in [1.29, 1.82) is 0 Å². The SMILES string of the molecule is CN1C(=O)CCC(N2C3CCCC2CC(N)C3)C1=O.